The van der Waals surface area contributed by atoms with E-state index in [9.17, 15) is 0 Å². The minimum Gasteiger partial charge on any atom is -0.324 e. The van der Waals surface area contributed by atoms with Gasteiger partial charge in [-0.05, 0) is 32.6 Å². The van der Waals surface area contributed by atoms with Gasteiger partial charge in [-0.15, -0.1) is 11.3 Å². The van der Waals surface area contributed by atoms with Crippen LogP contribution in [0.2, 0.25) is 5.31 Å². The monoisotopic (exact) mass is 264 g/mol. The summed E-state index contributed by atoms with van der Waals surface area (Å²) in [5, 5.41) is 0.455. The molecular formula is C14H25BN2S. The summed E-state index contributed by atoms with van der Waals surface area (Å²) in [7, 11) is 4.59. The normalized spacial score (nSPS) is 26.8. The van der Waals surface area contributed by atoms with Crippen LogP contribution in [0, 0.1) is 0 Å². The molecule has 0 spiro atoms. The number of hydrogen-bond acceptors (Lipinski definition) is 2. The van der Waals surface area contributed by atoms with Gasteiger partial charge in [0.25, 0.3) is 0 Å². The Bertz CT molecular complexity index is 484. The van der Waals surface area contributed by atoms with Crippen molar-refractivity contribution in [2.45, 2.75) is 64.2 Å². The van der Waals surface area contributed by atoms with Crippen molar-refractivity contribution in [2.24, 2.45) is 12.0 Å². The van der Waals surface area contributed by atoms with E-state index >= 15 is 0 Å². The van der Waals surface area contributed by atoms with E-state index in [1.165, 1.54) is 36.2 Å². The number of rotatable bonds is 2. The molecule has 0 fully saturated rings. The fraction of sp³-hybridized carbons (Fsp3) is 0.786. The Kier molecular flexibility index (Phi) is 4.05. The van der Waals surface area contributed by atoms with Crippen molar-refractivity contribution in [2.75, 3.05) is 0 Å². The summed E-state index contributed by atoms with van der Waals surface area (Å²) in [4.78, 5) is 7.63. The molecule has 100 valence electrons. The smallest absolute Gasteiger partial charge is 0.185 e. The summed E-state index contributed by atoms with van der Waals surface area (Å²) < 4.78 is 2.34. The average Bonchev–Trinajstić information content (AvgIpc) is 2.47. The molecule has 0 saturated heterocycles. The third kappa shape index (κ3) is 2.90. The number of fused-ring (bicyclic) bond motifs is 1. The predicted octanol–water partition coefficient (Wildman–Crippen LogP) is 2.48. The molecule has 2 rings (SSSR count). The highest BCUT2D eigenvalue weighted by molar-refractivity contribution is 7.09. The molecule has 4 heteroatoms. The van der Waals surface area contributed by atoms with Crippen LogP contribution in [-0.4, -0.2) is 18.5 Å². The van der Waals surface area contributed by atoms with Gasteiger partial charge in [0.15, 0.2) is 4.80 Å². The van der Waals surface area contributed by atoms with E-state index < -0.39 is 0 Å². The van der Waals surface area contributed by atoms with Gasteiger partial charge < -0.3 is 4.57 Å². The molecule has 1 heterocycles. The summed E-state index contributed by atoms with van der Waals surface area (Å²) in [6.07, 6.45) is 6.21. The van der Waals surface area contributed by atoms with E-state index in [1.54, 1.807) is 4.88 Å². The van der Waals surface area contributed by atoms with Crippen LogP contribution in [-0.2, 0) is 19.9 Å². The van der Waals surface area contributed by atoms with Crippen molar-refractivity contribution in [3.8, 4) is 0 Å². The summed E-state index contributed by atoms with van der Waals surface area (Å²) in [5.41, 5.74) is 1.53. The maximum absolute atomic E-state index is 4.84. The van der Waals surface area contributed by atoms with Gasteiger partial charge in [-0.1, -0.05) is 25.6 Å². The van der Waals surface area contributed by atoms with E-state index in [0.29, 0.717) is 11.4 Å². The third-order valence-electron chi connectivity index (χ3n) is 4.06. The van der Waals surface area contributed by atoms with Crippen LogP contribution in [0.3, 0.4) is 0 Å². The van der Waals surface area contributed by atoms with Crippen LogP contribution in [0.1, 0.15) is 50.6 Å². The molecule has 0 N–H and O–H groups in total. The van der Waals surface area contributed by atoms with Gasteiger partial charge in [-0.25, -0.2) is 0 Å². The Labute approximate surface area is 116 Å². The molecule has 0 amide bonds. The van der Waals surface area contributed by atoms with E-state index in [2.05, 4.69) is 40.2 Å². The first-order valence-corrected chi connectivity index (χ1v) is 7.96. The lowest BCUT2D eigenvalue weighted by molar-refractivity contribution is 0.551. The van der Waals surface area contributed by atoms with E-state index in [-0.39, 0.29) is 0 Å². The molecular weight excluding hydrogens is 239 g/mol. The Hall–Kier alpha value is -0.505. The molecule has 2 unspecified atom stereocenters. The van der Waals surface area contributed by atoms with Crippen LogP contribution in [0.4, 0.5) is 0 Å². The highest BCUT2D eigenvalue weighted by atomic mass is 32.1. The van der Waals surface area contributed by atoms with Crippen LogP contribution < -0.4 is 4.80 Å². The van der Waals surface area contributed by atoms with Crippen LogP contribution in [0.15, 0.2) is 4.99 Å². The van der Waals surface area contributed by atoms with Crippen LogP contribution in [0.25, 0.3) is 0 Å². The summed E-state index contributed by atoms with van der Waals surface area (Å²) >= 11 is 1.92. The fourth-order valence-electron chi connectivity index (χ4n) is 2.64. The van der Waals surface area contributed by atoms with Crippen molar-refractivity contribution < 1.29 is 0 Å². The highest BCUT2D eigenvalue weighted by Crippen LogP contribution is 2.37. The Morgan fingerprint density at radius 3 is 2.94 bits per heavy atom. The zero-order valence-corrected chi connectivity index (χ0v) is 13.2. The zero-order chi connectivity index (χ0) is 13.3. The first kappa shape index (κ1) is 13.9. The topological polar surface area (TPSA) is 17.3 Å². The second kappa shape index (κ2) is 5.24. The Morgan fingerprint density at radius 1 is 1.56 bits per heavy atom. The minimum absolute atomic E-state index is 0.437. The fourth-order valence-corrected chi connectivity index (χ4v) is 4.16. The summed E-state index contributed by atoms with van der Waals surface area (Å²) in [5.74, 6) is 0. The molecule has 1 aliphatic rings. The Morgan fingerprint density at radius 2 is 2.28 bits per heavy atom. The van der Waals surface area contributed by atoms with Gasteiger partial charge in [0.1, 0.15) is 7.85 Å². The molecule has 0 radical (unpaired) electrons. The lowest BCUT2D eigenvalue weighted by atomic mass is 9.66. The largest absolute Gasteiger partial charge is 0.324 e. The molecule has 0 saturated carbocycles. The molecule has 1 aromatic rings. The maximum atomic E-state index is 4.84. The molecule has 0 bridgehead atoms. The Balaban J connectivity index is 2.42. The standard InChI is InChI=1S/C14H25BN2S/c1-5-10(2)16-13-17(4)11-7-6-8-14(3,15)9-12(11)18-13/h10H,5-9,15H2,1-4H3/b16-13-. The van der Waals surface area contributed by atoms with E-state index in [4.69, 9.17) is 4.99 Å². The molecule has 1 aromatic heterocycles. The molecule has 18 heavy (non-hydrogen) atoms. The molecule has 0 aromatic carbocycles. The SMILES string of the molecule is BC1(C)CCCc2c(s/c(=N\C(C)CC)n2C)C1. The van der Waals surface area contributed by atoms with Crippen LogP contribution >= 0.6 is 11.3 Å². The zero-order valence-electron chi connectivity index (χ0n) is 12.4. The van der Waals surface area contributed by atoms with Crippen molar-refractivity contribution >= 4 is 19.2 Å². The highest BCUT2D eigenvalue weighted by Gasteiger charge is 2.25. The number of nitrogens with zero attached hydrogens (tertiary/aromatic N) is 2. The van der Waals surface area contributed by atoms with Gasteiger partial charge in [0, 0.05) is 17.6 Å². The molecule has 1 aliphatic carbocycles. The second-order valence-electron chi connectivity index (χ2n) is 6.39. The van der Waals surface area contributed by atoms with Gasteiger partial charge in [0.05, 0.1) is 6.04 Å². The third-order valence-corrected chi connectivity index (χ3v) is 5.24. The van der Waals surface area contributed by atoms with E-state index in [0.717, 1.165) is 6.42 Å². The first-order chi connectivity index (χ1) is 8.43. The summed E-state index contributed by atoms with van der Waals surface area (Å²) in [6.45, 7) is 6.80. The lowest BCUT2D eigenvalue weighted by Gasteiger charge is -2.21. The average molecular weight is 264 g/mol. The first-order valence-electron chi connectivity index (χ1n) is 7.14. The maximum Gasteiger partial charge on any atom is 0.185 e. The van der Waals surface area contributed by atoms with E-state index in [1.807, 2.05) is 11.3 Å². The van der Waals surface area contributed by atoms with Gasteiger partial charge in [0.2, 0.25) is 0 Å². The molecule has 2 nitrogen and oxygen atoms in total. The van der Waals surface area contributed by atoms with Crippen molar-refractivity contribution in [3.05, 3.63) is 15.4 Å². The van der Waals surface area contributed by atoms with Crippen molar-refractivity contribution in [3.63, 3.8) is 0 Å². The predicted molar refractivity (Wildman–Crippen MR) is 82.2 cm³/mol. The van der Waals surface area contributed by atoms with Gasteiger partial charge in [-0.2, -0.15) is 0 Å². The van der Waals surface area contributed by atoms with Crippen molar-refractivity contribution in [1.82, 2.24) is 4.57 Å². The number of aromatic nitrogens is 1. The minimum atomic E-state index is 0.437. The second-order valence-corrected chi connectivity index (χ2v) is 7.46. The number of thiazole rings is 1. The van der Waals surface area contributed by atoms with Crippen molar-refractivity contribution in [1.29, 1.82) is 0 Å². The molecule has 0 aliphatic heterocycles. The lowest BCUT2D eigenvalue weighted by Crippen LogP contribution is -2.16. The van der Waals surface area contributed by atoms with Gasteiger partial charge >= 0.3 is 0 Å². The number of hydrogen-bond donors (Lipinski definition) is 0. The quantitative estimate of drug-likeness (QED) is 0.577. The van der Waals surface area contributed by atoms with Gasteiger partial charge in [-0.3, -0.25) is 4.99 Å². The summed E-state index contributed by atoms with van der Waals surface area (Å²) in [6, 6.07) is 0.437. The van der Waals surface area contributed by atoms with Crippen LogP contribution in [0.5, 0.6) is 0 Å². The molecule has 2 atom stereocenters.